The van der Waals surface area contributed by atoms with E-state index in [1.54, 1.807) is 18.3 Å². The summed E-state index contributed by atoms with van der Waals surface area (Å²) in [7, 11) is 0. The molecule has 0 aliphatic rings. The molecule has 0 bridgehead atoms. The maximum absolute atomic E-state index is 5.93. The normalized spacial score (nSPS) is 10.9. The molecule has 0 radical (unpaired) electrons. The molecule has 0 fully saturated rings. The first kappa shape index (κ1) is 14.6. The summed E-state index contributed by atoms with van der Waals surface area (Å²) < 4.78 is 5.93. The Morgan fingerprint density at radius 3 is 2.58 bits per heavy atom. The number of hydrogen-bond donors (Lipinski definition) is 1. The van der Waals surface area contributed by atoms with E-state index in [0.717, 1.165) is 38.9 Å². The molecule has 0 saturated heterocycles. The number of nitrogens with one attached hydrogen (secondary N) is 1. The Morgan fingerprint density at radius 2 is 1.83 bits per heavy atom. The van der Waals surface area contributed by atoms with Crippen molar-refractivity contribution in [2.24, 2.45) is 0 Å². The quantitative estimate of drug-likeness (QED) is 0.495. The van der Waals surface area contributed by atoms with Gasteiger partial charge in [0.05, 0.1) is 11.7 Å². The van der Waals surface area contributed by atoms with Gasteiger partial charge in [0.25, 0.3) is 0 Å². The Hall–Kier alpha value is -2.96. The number of H-pyrrole nitrogens is 1. The molecule has 4 aromatic rings. The van der Waals surface area contributed by atoms with E-state index >= 15 is 0 Å². The number of benzene rings is 2. The molecule has 0 saturated carbocycles. The van der Waals surface area contributed by atoms with Crippen LogP contribution in [-0.4, -0.2) is 9.97 Å². The Balaban J connectivity index is 1.86. The van der Waals surface area contributed by atoms with Gasteiger partial charge in [0.2, 0.25) is 0 Å². The summed E-state index contributed by atoms with van der Waals surface area (Å²) in [5.74, 6) is 4.12. The number of halogens is 1. The Labute approximate surface area is 144 Å². The molecule has 0 spiro atoms. The number of pyridine rings is 1. The lowest BCUT2D eigenvalue weighted by Gasteiger charge is -2.06. The molecule has 2 aromatic heterocycles. The second-order valence-corrected chi connectivity index (χ2v) is 5.99. The molecular weight excluding hydrogens is 320 g/mol. The van der Waals surface area contributed by atoms with Crippen LogP contribution in [0.2, 0.25) is 5.02 Å². The second-order valence-electron chi connectivity index (χ2n) is 5.55. The zero-order valence-corrected chi connectivity index (χ0v) is 13.7. The first-order valence-corrected chi connectivity index (χ1v) is 7.84. The lowest BCUT2D eigenvalue weighted by molar-refractivity contribution is 0.483. The van der Waals surface area contributed by atoms with E-state index in [0.29, 0.717) is 10.7 Å². The van der Waals surface area contributed by atoms with Crippen molar-refractivity contribution in [1.29, 1.82) is 0 Å². The number of ether oxygens (including phenoxy) is 1. The third-order valence-corrected chi connectivity index (χ3v) is 4.29. The molecule has 4 heteroatoms. The maximum Gasteiger partial charge on any atom is 0.128 e. The highest BCUT2D eigenvalue weighted by molar-refractivity contribution is 6.30. The highest BCUT2D eigenvalue weighted by atomic mass is 35.5. The lowest BCUT2D eigenvalue weighted by atomic mass is 10.1. The number of rotatable bonds is 2. The van der Waals surface area contributed by atoms with Crippen molar-refractivity contribution >= 4 is 33.4 Å². The molecule has 4 rings (SSSR count). The van der Waals surface area contributed by atoms with Crippen LogP contribution < -0.4 is 4.74 Å². The van der Waals surface area contributed by atoms with E-state index in [1.807, 2.05) is 37.3 Å². The summed E-state index contributed by atoms with van der Waals surface area (Å²) in [5.41, 5.74) is 3.63. The van der Waals surface area contributed by atoms with Crippen molar-refractivity contribution in [2.75, 3.05) is 0 Å². The van der Waals surface area contributed by atoms with Gasteiger partial charge in [0.1, 0.15) is 17.2 Å². The standard InChI is InChI=1S/C20H13ClN2O/c1-3-17-12(2)20-16-10-15(24-14-6-4-13(21)5-7-14)8-9-18(16)23-19(20)11-22-17/h1,4-11,23H,2H3. The van der Waals surface area contributed by atoms with Crippen LogP contribution in [0.25, 0.3) is 21.8 Å². The second kappa shape index (κ2) is 5.59. The van der Waals surface area contributed by atoms with Crippen molar-refractivity contribution in [1.82, 2.24) is 9.97 Å². The number of aromatic amines is 1. The van der Waals surface area contributed by atoms with Crippen LogP contribution in [0.15, 0.2) is 48.7 Å². The average molecular weight is 333 g/mol. The largest absolute Gasteiger partial charge is 0.457 e. The fourth-order valence-electron chi connectivity index (χ4n) is 2.88. The molecule has 0 unspecified atom stereocenters. The van der Waals surface area contributed by atoms with Crippen LogP contribution in [0.4, 0.5) is 0 Å². The predicted molar refractivity (Wildman–Crippen MR) is 97.8 cm³/mol. The van der Waals surface area contributed by atoms with E-state index < -0.39 is 0 Å². The Kier molecular flexibility index (Phi) is 3.41. The minimum atomic E-state index is 0.660. The average Bonchev–Trinajstić information content (AvgIpc) is 2.96. The van der Waals surface area contributed by atoms with Gasteiger partial charge in [-0.15, -0.1) is 6.42 Å². The minimum absolute atomic E-state index is 0.660. The smallest absolute Gasteiger partial charge is 0.128 e. The lowest BCUT2D eigenvalue weighted by Crippen LogP contribution is -1.88. The third kappa shape index (κ3) is 2.38. The van der Waals surface area contributed by atoms with Gasteiger partial charge in [-0.25, -0.2) is 4.98 Å². The summed E-state index contributed by atoms with van der Waals surface area (Å²) in [6.07, 6.45) is 7.32. The van der Waals surface area contributed by atoms with Gasteiger partial charge in [-0.1, -0.05) is 11.6 Å². The monoisotopic (exact) mass is 332 g/mol. The summed E-state index contributed by atoms with van der Waals surface area (Å²) >= 11 is 5.91. The van der Waals surface area contributed by atoms with Gasteiger partial charge in [-0.05, 0) is 60.9 Å². The van der Waals surface area contributed by atoms with Crippen molar-refractivity contribution in [2.45, 2.75) is 6.92 Å². The number of aryl methyl sites for hydroxylation is 1. The fraction of sp³-hybridized carbons (Fsp3) is 0.0500. The van der Waals surface area contributed by atoms with Crippen LogP contribution in [-0.2, 0) is 0 Å². The first-order valence-electron chi connectivity index (χ1n) is 7.47. The van der Waals surface area contributed by atoms with Crippen molar-refractivity contribution in [3.8, 4) is 23.8 Å². The minimum Gasteiger partial charge on any atom is -0.457 e. The van der Waals surface area contributed by atoms with E-state index in [1.165, 1.54) is 0 Å². The maximum atomic E-state index is 5.93. The zero-order chi connectivity index (χ0) is 16.7. The van der Waals surface area contributed by atoms with Crippen molar-refractivity contribution in [3.05, 3.63) is 64.9 Å². The van der Waals surface area contributed by atoms with Crippen LogP contribution in [0.3, 0.4) is 0 Å². The molecule has 0 aliphatic heterocycles. The third-order valence-electron chi connectivity index (χ3n) is 4.04. The highest BCUT2D eigenvalue weighted by Gasteiger charge is 2.11. The van der Waals surface area contributed by atoms with Gasteiger partial charge < -0.3 is 9.72 Å². The summed E-state index contributed by atoms with van der Waals surface area (Å²) in [6.45, 7) is 1.99. The zero-order valence-electron chi connectivity index (χ0n) is 12.9. The topological polar surface area (TPSA) is 37.9 Å². The van der Waals surface area contributed by atoms with Crippen molar-refractivity contribution in [3.63, 3.8) is 0 Å². The molecule has 24 heavy (non-hydrogen) atoms. The molecule has 2 heterocycles. The molecule has 0 atom stereocenters. The fourth-order valence-corrected chi connectivity index (χ4v) is 3.01. The van der Waals surface area contributed by atoms with Crippen LogP contribution in [0.1, 0.15) is 11.3 Å². The number of terminal acetylenes is 1. The Bertz CT molecular complexity index is 1100. The molecule has 1 N–H and O–H groups in total. The van der Waals surface area contributed by atoms with Gasteiger partial charge in [-0.3, -0.25) is 0 Å². The van der Waals surface area contributed by atoms with Gasteiger partial charge in [0.15, 0.2) is 0 Å². The molecular formula is C20H13ClN2O. The molecule has 3 nitrogen and oxygen atoms in total. The van der Waals surface area contributed by atoms with E-state index in [4.69, 9.17) is 22.8 Å². The first-order chi connectivity index (χ1) is 11.7. The Morgan fingerprint density at radius 1 is 1.08 bits per heavy atom. The number of aromatic nitrogens is 2. The molecule has 2 aromatic carbocycles. The van der Waals surface area contributed by atoms with Crippen LogP contribution >= 0.6 is 11.6 Å². The van der Waals surface area contributed by atoms with E-state index in [2.05, 4.69) is 15.9 Å². The van der Waals surface area contributed by atoms with Gasteiger partial charge in [0, 0.05) is 21.3 Å². The van der Waals surface area contributed by atoms with Gasteiger partial charge in [-0.2, -0.15) is 0 Å². The summed E-state index contributed by atoms with van der Waals surface area (Å²) in [5, 5.41) is 2.82. The predicted octanol–water partition coefficient (Wildman–Crippen LogP) is 5.45. The van der Waals surface area contributed by atoms with Crippen molar-refractivity contribution < 1.29 is 4.74 Å². The van der Waals surface area contributed by atoms with E-state index in [-0.39, 0.29) is 0 Å². The summed E-state index contributed by atoms with van der Waals surface area (Å²) in [6, 6.07) is 13.2. The molecule has 0 amide bonds. The SMILES string of the molecule is C#Cc1ncc2[nH]c3ccc(Oc4ccc(Cl)cc4)cc3c2c1C. The van der Waals surface area contributed by atoms with E-state index in [9.17, 15) is 0 Å². The number of fused-ring (bicyclic) bond motifs is 3. The van der Waals surface area contributed by atoms with Gasteiger partial charge >= 0.3 is 0 Å². The van der Waals surface area contributed by atoms with Crippen LogP contribution in [0.5, 0.6) is 11.5 Å². The number of hydrogen-bond acceptors (Lipinski definition) is 2. The van der Waals surface area contributed by atoms with Crippen LogP contribution in [0, 0.1) is 19.3 Å². The molecule has 116 valence electrons. The summed E-state index contributed by atoms with van der Waals surface area (Å²) in [4.78, 5) is 7.67. The molecule has 0 aliphatic carbocycles. The number of nitrogens with zero attached hydrogens (tertiary/aromatic N) is 1. The highest BCUT2D eigenvalue weighted by Crippen LogP contribution is 2.33.